The van der Waals surface area contributed by atoms with E-state index in [1.807, 2.05) is 38.1 Å². The molecule has 0 saturated heterocycles. The van der Waals surface area contributed by atoms with Crippen LogP contribution in [0, 0.1) is 5.92 Å². The number of rotatable bonds is 7. The Kier molecular flexibility index (Phi) is 5.79. The molecule has 1 atom stereocenters. The van der Waals surface area contributed by atoms with Gasteiger partial charge in [-0.1, -0.05) is 62.4 Å². The van der Waals surface area contributed by atoms with Crippen molar-refractivity contribution in [3.05, 3.63) is 59.7 Å². The van der Waals surface area contributed by atoms with E-state index in [0.717, 1.165) is 11.1 Å². The molecule has 2 N–H and O–H groups in total. The molecule has 2 aromatic carbocycles. The van der Waals surface area contributed by atoms with Gasteiger partial charge in [0.05, 0.1) is 0 Å². The van der Waals surface area contributed by atoms with Crippen LogP contribution in [0.3, 0.4) is 0 Å². The number of carbonyl (C=O) groups is 2. The fourth-order valence-electron chi connectivity index (χ4n) is 3.64. The Bertz CT molecular complexity index is 785. The smallest absolute Gasteiger partial charge is 0.407 e. The molecule has 0 saturated carbocycles. The quantitative estimate of drug-likeness (QED) is 0.760. The lowest BCUT2D eigenvalue weighted by molar-refractivity contribution is -0.137. The van der Waals surface area contributed by atoms with E-state index in [9.17, 15) is 9.59 Å². The Morgan fingerprint density at radius 1 is 1.04 bits per heavy atom. The van der Waals surface area contributed by atoms with Crippen LogP contribution in [0.1, 0.15) is 43.7 Å². The van der Waals surface area contributed by atoms with E-state index < -0.39 is 12.1 Å². The number of benzene rings is 2. The summed E-state index contributed by atoms with van der Waals surface area (Å²) in [6.07, 6.45) is -0.0927. The normalized spacial score (nSPS) is 13.7. The van der Waals surface area contributed by atoms with E-state index in [1.54, 1.807) is 0 Å². The van der Waals surface area contributed by atoms with Gasteiger partial charge in [-0.3, -0.25) is 4.79 Å². The van der Waals surface area contributed by atoms with Crippen LogP contribution in [0.2, 0.25) is 0 Å². The predicted octanol–water partition coefficient (Wildman–Crippen LogP) is 4.41. The molecule has 0 unspecified atom stereocenters. The molecule has 1 amide bonds. The lowest BCUT2D eigenvalue weighted by Gasteiger charge is -2.22. The van der Waals surface area contributed by atoms with Crippen LogP contribution in [0.5, 0.6) is 0 Å². The zero-order chi connectivity index (χ0) is 19.4. The summed E-state index contributed by atoms with van der Waals surface area (Å²) < 4.78 is 5.53. The first-order chi connectivity index (χ1) is 13.0. The highest BCUT2D eigenvalue weighted by atomic mass is 16.5. The van der Waals surface area contributed by atoms with Crippen molar-refractivity contribution in [1.82, 2.24) is 5.32 Å². The number of hydrogen-bond donors (Lipinski definition) is 2. The Morgan fingerprint density at radius 3 is 2.11 bits per heavy atom. The molecule has 0 heterocycles. The number of hydrogen-bond acceptors (Lipinski definition) is 3. The van der Waals surface area contributed by atoms with Crippen molar-refractivity contribution < 1.29 is 19.4 Å². The number of ether oxygens (including phenoxy) is 1. The van der Waals surface area contributed by atoms with Crippen molar-refractivity contribution in [2.75, 3.05) is 6.61 Å². The molecule has 0 spiro atoms. The minimum absolute atomic E-state index is 0.0136. The lowest BCUT2D eigenvalue weighted by atomic mass is 9.98. The molecule has 0 aromatic heterocycles. The van der Waals surface area contributed by atoms with Gasteiger partial charge in [-0.15, -0.1) is 0 Å². The van der Waals surface area contributed by atoms with Gasteiger partial charge in [0.15, 0.2) is 0 Å². The van der Waals surface area contributed by atoms with Crippen LogP contribution in [0.15, 0.2) is 48.5 Å². The molecule has 1 aliphatic rings. The van der Waals surface area contributed by atoms with E-state index in [4.69, 9.17) is 9.84 Å². The fraction of sp³-hybridized carbons (Fsp3) is 0.364. The number of carboxylic acid groups (broad SMARTS) is 1. The molecule has 142 valence electrons. The molecule has 3 rings (SSSR count). The molecular weight excluding hydrogens is 342 g/mol. The number of amides is 1. The third-order valence-electron chi connectivity index (χ3n) is 5.12. The maximum Gasteiger partial charge on any atom is 0.407 e. The van der Waals surface area contributed by atoms with Crippen molar-refractivity contribution in [3.8, 4) is 11.1 Å². The first-order valence-corrected chi connectivity index (χ1v) is 9.30. The summed E-state index contributed by atoms with van der Waals surface area (Å²) in [6.45, 7) is 4.16. The molecule has 0 fully saturated rings. The highest BCUT2D eigenvalue weighted by Crippen LogP contribution is 2.44. The summed E-state index contributed by atoms with van der Waals surface area (Å²) in [5.74, 6) is -0.723. The second-order valence-corrected chi connectivity index (χ2v) is 7.25. The molecule has 1 aliphatic carbocycles. The number of nitrogens with one attached hydrogen (secondary N) is 1. The Labute approximate surface area is 159 Å². The topological polar surface area (TPSA) is 75.6 Å². The molecule has 5 nitrogen and oxygen atoms in total. The maximum atomic E-state index is 12.3. The van der Waals surface area contributed by atoms with Crippen LogP contribution >= 0.6 is 0 Å². The largest absolute Gasteiger partial charge is 0.481 e. The van der Waals surface area contributed by atoms with Crippen LogP contribution < -0.4 is 5.32 Å². The average molecular weight is 367 g/mol. The molecule has 0 radical (unpaired) electrons. The molecule has 0 bridgehead atoms. The van der Waals surface area contributed by atoms with Crippen molar-refractivity contribution in [3.63, 3.8) is 0 Å². The van der Waals surface area contributed by atoms with E-state index >= 15 is 0 Å². The number of fused-ring (bicyclic) bond motifs is 3. The van der Waals surface area contributed by atoms with Gasteiger partial charge in [-0.25, -0.2) is 4.79 Å². The lowest BCUT2D eigenvalue weighted by Crippen LogP contribution is -2.39. The zero-order valence-electron chi connectivity index (χ0n) is 15.6. The van der Waals surface area contributed by atoms with Gasteiger partial charge >= 0.3 is 12.1 Å². The van der Waals surface area contributed by atoms with Gasteiger partial charge in [-0.2, -0.15) is 0 Å². The number of aliphatic carboxylic acids is 1. The summed E-state index contributed by atoms with van der Waals surface area (Å²) in [5, 5.41) is 11.7. The summed E-state index contributed by atoms with van der Waals surface area (Å²) in [5.41, 5.74) is 4.70. The maximum absolute atomic E-state index is 12.3. The second-order valence-electron chi connectivity index (χ2n) is 7.25. The SMILES string of the molecule is CC(C)[C@@H](CCC(=O)O)NC(=O)OCC1c2ccccc2-c2ccccc21. The highest BCUT2D eigenvalue weighted by molar-refractivity contribution is 5.79. The van der Waals surface area contributed by atoms with Crippen molar-refractivity contribution >= 4 is 12.1 Å². The standard InChI is InChI=1S/C22H25NO4/c1-14(2)20(11-12-21(24)25)23-22(26)27-13-19-17-9-5-3-7-15(17)16-8-4-6-10-18(16)19/h3-10,14,19-20H,11-13H2,1-2H3,(H,23,26)(H,24,25)/t20-/m1/s1. The third kappa shape index (κ3) is 4.30. The van der Waals surface area contributed by atoms with Crippen LogP contribution in [-0.4, -0.2) is 29.8 Å². The van der Waals surface area contributed by atoms with E-state index in [0.29, 0.717) is 6.42 Å². The van der Waals surface area contributed by atoms with Gasteiger partial charge in [-0.05, 0) is 34.6 Å². The minimum atomic E-state index is -0.866. The molecule has 27 heavy (non-hydrogen) atoms. The van der Waals surface area contributed by atoms with Crippen molar-refractivity contribution in [2.45, 2.75) is 38.6 Å². The van der Waals surface area contributed by atoms with Gasteiger partial charge in [0, 0.05) is 18.4 Å². The van der Waals surface area contributed by atoms with Crippen molar-refractivity contribution in [1.29, 1.82) is 0 Å². The van der Waals surface area contributed by atoms with Gasteiger partial charge < -0.3 is 15.2 Å². The number of carbonyl (C=O) groups excluding carboxylic acids is 1. The highest BCUT2D eigenvalue weighted by Gasteiger charge is 2.29. The zero-order valence-corrected chi connectivity index (χ0v) is 15.6. The molecular formula is C22H25NO4. The summed E-state index contributed by atoms with van der Waals surface area (Å²) in [6, 6.07) is 16.1. The van der Waals surface area contributed by atoms with Gasteiger partial charge in [0.25, 0.3) is 0 Å². The first kappa shape index (κ1) is 19.0. The molecule has 5 heteroatoms. The number of carboxylic acids is 1. The first-order valence-electron chi connectivity index (χ1n) is 9.30. The second kappa shape index (κ2) is 8.25. The van der Waals surface area contributed by atoms with Crippen molar-refractivity contribution in [2.24, 2.45) is 5.92 Å². The van der Waals surface area contributed by atoms with E-state index in [1.165, 1.54) is 11.1 Å². The van der Waals surface area contributed by atoms with Crippen LogP contribution in [-0.2, 0) is 9.53 Å². The average Bonchev–Trinajstić information content (AvgIpc) is 2.97. The molecule has 0 aliphatic heterocycles. The van der Waals surface area contributed by atoms with Gasteiger partial charge in [0.2, 0.25) is 0 Å². The Balaban J connectivity index is 1.66. The summed E-state index contributed by atoms with van der Waals surface area (Å²) >= 11 is 0. The van der Waals surface area contributed by atoms with E-state index in [-0.39, 0.29) is 30.9 Å². The predicted molar refractivity (Wildman–Crippen MR) is 104 cm³/mol. The van der Waals surface area contributed by atoms with Gasteiger partial charge in [0.1, 0.15) is 6.61 Å². The number of alkyl carbamates (subject to hydrolysis) is 1. The fourth-order valence-corrected chi connectivity index (χ4v) is 3.64. The minimum Gasteiger partial charge on any atom is -0.481 e. The van der Waals surface area contributed by atoms with Crippen LogP contribution in [0.4, 0.5) is 4.79 Å². The Morgan fingerprint density at radius 2 is 1.59 bits per heavy atom. The molecule has 2 aromatic rings. The monoisotopic (exact) mass is 367 g/mol. The third-order valence-corrected chi connectivity index (χ3v) is 5.12. The van der Waals surface area contributed by atoms with E-state index in [2.05, 4.69) is 29.6 Å². The summed E-state index contributed by atoms with van der Waals surface area (Å²) in [7, 11) is 0. The van der Waals surface area contributed by atoms with Crippen LogP contribution in [0.25, 0.3) is 11.1 Å². The summed E-state index contributed by atoms with van der Waals surface area (Å²) in [4.78, 5) is 23.1. The Hall–Kier alpha value is -2.82.